The van der Waals surface area contributed by atoms with Gasteiger partial charge < -0.3 is 5.32 Å². The van der Waals surface area contributed by atoms with Crippen LogP contribution in [0.5, 0.6) is 0 Å². The van der Waals surface area contributed by atoms with Crippen molar-refractivity contribution < 1.29 is 14.0 Å². The summed E-state index contributed by atoms with van der Waals surface area (Å²) in [6.45, 7) is 6.82. The Labute approximate surface area is 118 Å². The second kappa shape index (κ2) is 4.89. The standard InChI is InChI=1S/C15H19FN2O2/c1-5-15(4)14(20)18(10(3)13(19)17-15)12-9(2)7-6-8-11(12)16/h6-8,10H,5H2,1-4H3,(H,17,19). The predicted molar refractivity (Wildman–Crippen MR) is 74.9 cm³/mol. The van der Waals surface area contributed by atoms with Crippen LogP contribution in [0.15, 0.2) is 18.2 Å². The Balaban J connectivity index is 2.58. The van der Waals surface area contributed by atoms with Crippen LogP contribution >= 0.6 is 0 Å². The van der Waals surface area contributed by atoms with E-state index in [1.54, 1.807) is 32.9 Å². The van der Waals surface area contributed by atoms with Crippen molar-refractivity contribution in [2.75, 3.05) is 4.90 Å². The molecule has 1 saturated heterocycles. The third kappa shape index (κ3) is 2.07. The molecule has 1 aliphatic rings. The first-order chi connectivity index (χ1) is 9.31. The lowest BCUT2D eigenvalue weighted by molar-refractivity contribution is -0.137. The van der Waals surface area contributed by atoms with Gasteiger partial charge in [-0.3, -0.25) is 14.5 Å². The molecule has 0 spiro atoms. The molecule has 108 valence electrons. The number of benzene rings is 1. The van der Waals surface area contributed by atoms with Crippen molar-refractivity contribution in [3.8, 4) is 0 Å². The summed E-state index contributed by atoms with van der Waals surface area (Å²) < 4.78 is 14.1. The van der Waals surface area contributed by atoms with Crippen molar-refractivity contribution in [3.63, 3.8) is 0 Å². The highest BCUT2D eigenvalue weighted by Gasteiger charge is 2.46. The molecular formula is C15H19FN2O2. The summed E-state index contributed by atoms with van der Waals surface area (Å²) in [5.41, 5.74) is -0.156. The molecule has 1 N–H and O–H groups in total. The van der Waals surface area contributed by atoms with Gasteiger partial charge in [0.2, 0.25) is 5.91 Å². The molecule has 0 aromatic heterocycles. The van der Waals surface area contributed by atoms with Crippen LogP contribution in [-0.4, -0.2) is 23.4 Å². The Kier molecular flexibility index (Phi) is 3.54. The van der Waals surface area contributed by atoms with Crippen LogP contribution in [0.25, 0.3) is 0 Å². The first kappa shape index (κ1) is 14.5. The topological polar surface area (TPSA) is 49.4 Å². The monoisotopic (exact) mass is 278 g/mol. The summed E-state index contributed by atoms with van der Waals surface area (Å²) in [5.74, 6) is -1.03. The predicted octanol–water partition coefficient (Wildman–Crippen LogP) is 2.15. The van der Waals surface area contributed by atoms with E-state index in [-0.39, 0.29) is 17.5 Å². The third-order valence-electron chi connectivity index (χ3n) is 3.99. The van der Waals surface area contributed by atoms with Crippen LogP contribution in [0.2, 0.25) is 0 Å². The van der Waals surface area contributed by atoms with Crippen LogP contribution in [0.1, 0.15) is 32.8 Å². The number of hydrogen-bond donors (Lipinski definition) is 1. The van der Waals surface area contributed by atoms with E-state index in [0.717, 1.165) is 0 Å². The number of carbonyl (C=O) groups excluding carboxylic acids is 2. The van der Waals surface area contributed by atoms with Crippen LogP contribution < -0.4 is 10.2 Å². The number of para-hydroxylation sites is 1. The molecule has 4 nitrogen and oxygen atoms in total. The Hall–Kier alpha value is -1.91. The molecule has 0 aliphatic carbocycles. The van der Waals surface area contributed by atoms with E-state index in [0.29, 0.717) is 12.0 Å². The molecule has 1 fully saturated rings. The maximum Gasteiger partial charge on any atom is 0.253 e. The van der Waals surface area contributed by atoms with E-state index in [1.807, 2.05) is 6.92 Å². The zero-order chi connectivity index (χ0) is 15.1. The number of nitrogens with one attached hydrogen (secondary N) is 1. The number of amides is 2. The second-order valence-corrected chi connectivity index (χ2v) is 5.43. The van der Waals surface area contributed by atoms with E-state index in [9.17, 15) is 14.0 Å². The normalized spacial score (nSPS) is 26.6. The lowest BCUT2D eigenvalue weighted by atomic mass is 9.91. The van der Waals surface area contributed by atoms with Crippen molar-refractivity contribution in [2.45, 2.75) is 45.7 Å². The lowest BCUT2D eigenvalue weighted by Crippen LogP contribution is -2.69. The number of hydrogen-bond acceptors (Lipinski definition) is 2. The van der Waals surface area contributed by atoms with E-state index >= 15 is 0 Å². The molecule has 0 radical (unpaired) electrons. The Morgan fingerprint density at radius 3 is 2.60 bits per heavy atom. The minimum absolute atomic E-state index is 0.194. The van der Waals surface area contributed by atoms with Crippen molar-refractivity contribution in [1.82, 2.24) is 5.32 Å². The smallest absolute Gasteiger partial charge is 0.253 e. The summed E-state index contributed by atoms with van der Waals surface area (Å²) in [7, 11) is 0. The highest BCUT2D eigenvalue weighted by atomic mass is 19.1. The summed E-state index contributed by atoms with van der Waals surface area (Å²) in [4.78, 5) is 26.1. The van der Waals surface area contributed by atoms with Gasteiger partial charge >= 0.3 is 0 Å². The number of anilines is 1. The van der Waals surface area contributed by atoms with Crippen LogP contribution in [0.3, 0.4) is 0 Å². The summed E-state index contributed by atoms with van der Waals surface area (Å²) in [6.07, 6.45) is 0.453. The average molecular weight is 278 g/mol. The fourth-order valence-electron chi connectivity index (χ4n) is 2.45. The number of piperazine rings is 1. The van der Waals surface area contributed by atoms with E-state index in [4.69, 9.17) is 0 Å². The number of rotatable bonds is 2. The maximum atomic E-state index is 14.1. The molecule has 2 unspecified atom stereocenters. The van der Waals surface area contributed by atoms with E-state index in [1.165, 1.54) is 11.0 Å². The van der Waals surface area contributed by atoms with Gasteiger partial charge in [-0.2, -0.15) is 0 Å². The Morgan fingerprint density at radius 1 is 1.40 bits per heavy atom. The summed E-state index contributed by atoms with van der Waals surface area (Å²) in [6, 6.07) is 3.90. The molecule has 1 aromatic rings. The molecule has 2 atom stereocenters. The fourth-order valence-corrected chi connectivity index (χ4v) is 2.45. The molecule has 0 saturated carbocycles. The largest absolute Gasteiger partial charge is 0.340 e. The quantitative estimate of drug-likeness (QED) is 0.901. The number of carbonyl (C=O) groups is 2. The van der Waals surface area contributed by atoms with E-state index < -0.39 is 17.4 Å². The van der Waals surface area contributed by atoms with Gasteiger partial charge in [-0.25, -0.2) is 4.39 Å². The van der Waals surface area contributed by atoms with Crippen LogP contribution in [0.4, 0.5) is 10.1 Å². The molecule has 1 heterocycles. The highest BCUT2D eigenvalue weighted by Crippen LogP contribution is 2.31. The lowest BCUT2D eigenvalue weighted by Gasteiger charge is -2.43. The van der Waals surface area contributed by atoms with Crippen molar-refractivity contribution in [3.05, 3.63) is 29.6 Å². The molecule has 1 aliphatic heterocycles. The molecule has 2 amide bonds. The summed E-state index contributed by atoms with van der Waals surface area (Å²) >= 11 is 0. The molecule has 2 rings (SSSR count). The minimum Gasteiger partial charge on any atom is -0.340 e. The number of nitrogens with zero attached hydrogens (tertiary/aromatic N) is 1. The third-order valence-corrected chi connectivity index (χ3v) is 3.99. The van der Waals surface area contributed by atoms with Crippen LogP contribution in [0, 0.1) is 12.7 Å². The van der Waals surface area contributed by atoms with Gasteiger partial charge in [0.1, 0.15) is 17.4 Å². The first-order valence-corrected chi connectivity index (χ1v) is 6.72. The van der Waals surface area contributed by atoms with Crippen molar-refractivity contribution in [2.24, 2.45) is 0 Å². The second-order valence-electron chi connectivity index (χ2n) is 5.43. The Morgan fingerprint density at radius 2 is 2.05 bits per heavy atom. The average Bonchev–Trinajstić information content (AvgIpc) is 2.40. The molecular weight excluding hydrogens is 259 g/mol. The van der Waals surface area contributed by atoms with Gasteiger partial charge in [0.25, 0.3) is 5.91 Å². The molecule has 5 heteroatoms. The number of aryl methyl sites for hydroxylation is 1. The summed E-state index contributed by atoms with van der Waals surface area (Å²) in [5, 5.41) is 2.73. The SMILES string of the molecule is CCC1(C)NC(=O)C(C)N(c2c(C)cccc2F)C1=O. The highest BCUT2D eigenvalue weighted by molar-refractivity contribution is 6.10. The van der Waals surface area contributed by atoms with E-state index in [2.05, 4.69) is 5.32 Å². The van der Waals surface area contributed by atoms with Gasteiger partial charge in [0.05, 0.1) is 5.69 Å². The van der Waals surface area contributed by atoms with Gasteiger partial charge in [0.15, 0.2) is 0 Å². The van der Waals surface area contributed by atoms with Gasteiger partial charge in [0, 0.05) is 0 Å². The molecule has 20 heavy (non-hydrogen) atoms. The fraction of sp³-hybridized carbons (Fsp3) is 0.467. The Bertz CT molecular complexity index is 553. The van der Waals surface area contributed by atoms with Crippen LogP contribution in [-0.2, 0) is 9.59 Å². The molecule has 0 bridgehead atoms. The zero-order valence-corrected chi connectivity index (χ0v) is 12.2. The molecule has 1 aromatic carbocycles. The number of halogens is 1. The van der Waals surface area contributed by atoms with Gasteiger partial charge in [-0.05, 0) is 38.8 Å². The minimum atomic E-state index is -0.988. The van der Waals surface area contributed by atoms with Crippen molar-refractivity contribution >= 4 is 17.5 Å². The first-order valence-electron chi connectivity index (χ1n) is 6.72. The van der Waals surface area contributed by atoms with Crippen molar-refractivity contribution in [1.29, 1.82) is 0 Å². The van der Waals surface area contributed by atoms with Gasteiger partial charge in [-0.15, -0.1) is 0 Å². The zero-order valence-electron chi connectivity index (χ0n) is 12.2. The maximum absolute atomic E-state index is 14.1. The van der Waals surface area contributed by atoms with Gasteiger partial charge in [-0.1, -0.05) is 19.1 Å².